The predicted octanol–water partition coefficient (Wildman–Crippen LogP) is 0.392. The maximum atomic E-state index is 13.6. The summed E-state index contributed by atoms with van der Waals surface area (Å²) in [6.45, 7) is 2.86. The van der Waals surface area contributed by atoms with Crippen LogP contribution in [0.5, 0.6) is 0 Å². The van der Waals surface area contributed by atoms with Crippen LogP contribution in [-0.2, 0) is 15.3 Å². The molecule has 1 saturated heterocycles. The van der Waals surface area contributed by atoms with Crippen molar-refractivity contribution < 1.29 is 24.5 Å². The molecule has 1 aliphatic rings. The number of amides is 1. The van der Waals surface area contributed by atoms with Crippen molar-refractivity contribution in [3.05, 3.63) is 52.6 Å². The zero-order chi connectivity index (χ0) is 23.0. The number of hydrogen-bond acceptors (Lipinski definition) is 8. The van der Waals surface area contributed by atoms with E-state index in [9.17, 15) is 24.6 Å². The quantitative estimate of drug-likeness (QED) is 0.400. The summed E-state index contributed by atoms with van der Waals surface area (Å²) in [6, 6.07) is 8.32. The number of H-pyrrole nitrogens is 1. The molecule has 0 saturated carbocycles. The van der Waals surface area contributed by atoms with Crippen molar-refractivity contribution in [2.24, 2.45) is 5.92 Å². The Hall–Kier alpha value is -3.41. The zero-order valence-electron chi connectivity index (χ0n) is 17.5. The van der Waals surface area contributed by atoms with Crippen molar-refractivity contribution in [1.82, 2.24) is 19.5 Å². The standard InChI is InChI=1S/C21H23N5O6/c1-11(2)18(30)24-20-23-17-15(19(31)25-20)22-10-26(17)21(8-13(28)14(9-27)32-21)16(29)12-6-4-3-5-7-12/h3-7,10-11,13-14,27-28H,8-9H2,1-2H3,(H2,23,24,25,30,31)/t13-,14+,21-/m0/s1. The lowest BCUT2D eigenvalue weighted by molar-refractivity contribution is -0.118. The monoisotopic (exact) mass is 441 g/mol. The summed E-state index contributed by atoms with van der Waals surface area (Å²) in [5, 5.41) is 22.6. The molecule has 3 atom stereocenters. The number of aromatic nitrogens is 4. The number of imidazole rings is 1. The number of carbonyl (C=O) groups excluding carboxylic acids is 2. The third-order valence-electron chi connectivity index (χ3n) is 5.39. The average Bonchev–Trinajstić information content (AvgIpc) is 3.35. The number of benzene rings is 1. The van der Waals surface area contributed by atoms with Crippen LogP contribution >= 0.6 is 0 Å². The van der Waals surface area contributed by atoms with Crippen molar-refractivity contribution in [2.45, 2.75) is 38.2 Å². The Labute approximate surface area is 182 Å². The molecule has 3 heterocycles. The molecular formula is C21H23N5O6. The SMILES string of the molecule is CC(C)C(=O)Nc1nc2c(ncn2[C@@]2(C(=O)c3ccccc3)C[C@H](O)[C@@H](CO)O2)c(=O)[nH]1. The second-order valence-electron chi connectivity index (χ2n) is 7.94. The van der Waals surface area contributed by atoms with Gasteiger partial charge in [-0.25, -0.2) is 4.98 Å². The lowest BCUT2D eigenvalue weighted by Gasteiger charge is -2.29. The van der Waals surface area contributed by atoms with Crippen LogP contribution in [0.3, 0.4) is 0 Å². The Kier molecular flexibility index (Phi) is 5.63. The van der Waals surface area contributed by atoms with Crippen LogP contribution < -0.4 is 10.9 Å². The van der Waals surface area contributed by atoms with Gasteiger partial charge in [0.05, 0.1) is 12.7 Å². The van der Waals surface area contributed by atoms with Gasteiger partial charge in [-0.15, -0.1) is 0 Å². The molecule has 4 N–H and O–H groups in total. The topological polar surface area (TPSA) is 159 Å². The van der Waals surface area contributed by atoms with E-state index in [1.165, 1.54) is 10.9 Å². The number of anilines is 1. The lowest BCUT2D eigenvalue weighted by atomic mass is 9.96. The summed E-state index contributed by atoms with van der Waals surface area (Å²) in [5.74, 6) is -1.32. The number of rotatable bonds is 6. The van der Waals surface area contributed by atoms with Crippen LogP contribution in [0.2, 0.25) is 0 Å². The average molecular weight is 441 g/mol. The number of aromatic amines is 1. The molecule has 0 unspecified atom stereocenters. The number of aliphatic hydroxyl groups is 2. The van der Waals surface area contributed by atoms with Gasteiger partial charge in [0, 0.05) is 17.9 Å². The smallest absolute Gasteiger partial charge is 0.280 e. The Balaban J connectivity index is 1.89. The molecule has 4 rings (SSSR count). The third-order valence-corrected chi connectivity index (χ3v) is 5.39. The van der Waals surface area contributed by atoms with Gasteiger partial charge in [0.25, 0.3) is 5.56 Å². The normalized spacial score (nSPS) is 23.0. The summed E-state index contributed by atoms with van der Waals surface area (Å²) < 4.78 is 7.19. The van der Waals surface area contributed by atoms with Crippen LogP contribution in [0.15, 0.2) is 41.5 Å². The summed E-state index contributed by atoms with van der Waals surface area (Å²) in [4.78, 5) is 49.1. The maximum absolute atomic E-state index is 13.6. The van der Waals surface area contributed by atoms with E-state index in [0.717, 1.165) is 0 Å². The van der Waals surface area contributed by atoms with Gasteiger partial charge in [-0.2, -0.15) is 4.98 Å². The minimum Gasteiger partial charge on any atom is -0.394 e. The first-order chi connectivity index (χ1) is 15.3. The van der Waals surface area contributed by atoms with Crippen molar-refractivity contribution >= 4 is 28.8 Å². The van der Waals surface area contributed by atoms with E-state index < -0.39 is 35.9 Å². The molecule has 1 amide bonds. The van der Waals surface area contributed by atoms with Crippen LogP contribution in [0.4, 0.5) is 5.95 Å². The molecular weight excluding hydrogens is 418 g/mol. The number of carbonyl (C=O) groups is 2. The molecule has 11 nitrogen and oxygen atoms in total. The van der Waals surface area contributed by atoms with Crippen LogP contribution in [0.25, 0.3) is 11.2 Å². The second-order valence-corrected chi connectivity index (χ2v) is 7.94. The van der Waals surface area contributed by atoms with Crippen molar-refractivity contribution in [3.63, 3.8) is 0 Å². The molecule has 168 valence electrons. The fraction of sp³-hybridized carbons (Fsp3) is 0.381. The molecule has 1 fully saturated rings. The largest absolute Gasteiger partial charge is 0.394 e. The van der Waals surface area contributed by atoms with Gasteiger partial charge in [-0.1, -0.05) is 44.2 Å². The molecule has 1 aliphatic heterocycles. The number of hydrogen-bond donors (Lipinski definition) is 4. The fourth-order valence-corrected chi connectivity index (χ4v) is 3.67. The summed E-state index contributed by atoms with van der Waals surface area (Å²) >= 11 is 0. The molecule has 0 radical (unpaired) electrons. The van der Waals surface area contributed by atoms with E-state index >= 15 is 0 Å². The van der Waals surface area contributed by atoms with Crippen LogP contribution in [0, 0.1) is 5.92 Å². The Morgan fingerprint density at radius 2 is 2.06 bits per heavy atom. The van der Waals surface area contributed by atoms with Gasteiger partial charge in [-0.05, 0) is 0 Å². The lowest BCUT2D eigenvalue weighted by Crippen LogP contribution is -2.42. The number of ketones is 1. The van der Waals surface area contributed by atoms with E-state index in [1.54, 1.807) is 44.2 Å². The summed E-state index contributed by atoms with van der Waals surface area (Å²) in [6.07, 6.45) is -1.14. The van der Waals surface area contributed by atoms with Crippen LogP contribution in [-0.4, -0.2) is 60.2 Å². The second kappa shape index (κ2) is 8.26. The van der Waals surface area contributed by atoms with E-state index in [4.69, 9.17) is 4.74 Å². The number of aliphatic hydroxyl groups excluding tert-OH is 2. The Morgan fingerprint density at radius 3 is 2.69 bits per heavy atom. The Morgan fingerprint density at radius 1 is 1.34 bits per heavy atom. The number of fused-ring (bicyclic) bond motifs is 1. The minimum absolute atomic E-state index is 0.0112. The maximum Gasteiger partial charge on any atom is 0.280 e. The molecule has 32 heavy (non-hydrogen) atoms. The van der Waals surface area contributed by atoms with E-state index in [-0.39, 0.29) is 35.4 Å². The van der Waals surface area contributed by atoms with E-state index in [1.807, 2.05) is 0 Å². The molecule has 2 aromatic heterocycles. The molecule has 11 heteroatoms. The summed E-state index contributed by atoms with van der Waals surface area (Å²) in [5.41, 5.74) is -2.20. The van der Waals surface area contributed by atoms with Crippen molar-refractivity contribution in [1.29, 1.82) is 0 Å². The fourth-order valence-electron chi connectivity index (χ4n) is 3.67. The molecule has 0 spiro atoms. The summed E-state index contributed by atoms with van der Waals surface area (Å²) in [7, 11) is 0. The highest BCUT2D eigenvalue weighted by Gasteiger charge is 2.53. The zero-order valence-corrected chi connectivity index (χ0v) is 17.5. The highest BCUT2D eigenvalue weighted by molar-refractivity contribution is 6.02. The van der Waals surface area contributed by atoms with Crippen LogP contribution in [0.1, 0.15) is 30.6 Å². The molecule has 0 bridgehead atoms. The first kappa shape index (κ1) is 21.8. The predicted molar refractivity (Wildman–Crippen MR) is 113 cm³/mol. The minimum atomic E-state index is -1.80. The number of nitrogens with one attached hydrogen (secondary N) is 2. The molecule has 0 aliphatic carbocycles. The highest BCUT2D eigenvalue weighted by atomic mass is 16.6. The molecule has 1 aromatic carbocycles. The van der Waals surface area contributed by atoms with Crippen molar-refractivity contribution in [3.8, 4) is 0 Å². The van der Waals surface area contributed by atoms with Crippen molar-refractivity contribution in [2.75, 3.05) is 11.9 Å². The number of Topliss-reactive ketones (excluding diaryl/α,β-unsaturated/α-hetero) is 1. The first-order valence-electron chi connectivity index (χ1n) is 10.1. The molecule has 3 aromatic rings. The van der Waals surface area contributed by atoms with Gasteiger partial charge < -0.3 is 14.9 Å². The number of ether oxygens (including phenoxy) is 1. The van der Waals surface area contributed by atoms with Gasteiger partial charge in [0.15, 0.2) is 11.2 Å². The highest BCUT2D eigenvalue weighted by Crippen LogP contribution is 2.39. The van der Waals surface area contributed by atoms with Gasteiger partial charge in [-0.3, -0.25) is 29.3 Å². The van der Waals surface area contributed by atoms with Gasteiger partial charge >= 0.3 is 0 Å². The van der Waals surface area contributed by atoms with E-state index in [2.05, 4.69) is 20.3 Å². The third kappa shape index (κ3) is 3.60. The number of nitrogens with zero attached hydrogens (tertiary/aromatic N) is 3. The first-order valence-corrected chi connectivity index (χ1v) is 10.1. The Bertz CT molecular complexity index is 1220. The van der Waals surface area contributed by atoms with Gasteiger partial charge in [0.1, 0.15) is 12.4 Å². The van der Waals surface area contributed by atoms with Gasteiger partial charge in [0.2, 0.25) is 23.4 Å². The van der Waals surface area contributed by atoms with E-state index in [0.29, 0.717) is 5.56 Å².